The Labute approximate surface area is 120 Å². The van der Waals surface area contributed by atoms with Crippen LogP contribution in [-0.4, -0.2) is 17.0 Å². The van der Waals surface area contributed by atoms with Crippen LogP contribution in [0.4, 0.5) is 11.5 Å². The van der Waals surface area contributed by atoms with Crippen LogP contribution in [0.25, 0.3) is 0 Å². The molecule has 18 heavy (non-hydrogen) atoms. The fraction of sp³-hybridized carbons (Fsp3) is 0.231. The third-order valence-corrected chi connectivity index (χ3v) is 3.89. The van der Waals surface area contributed by atoms with Crippen LogP contribution in [0.1, 0.15) is 11.1 Å². The summed E-state index contributed by atoms with van der Waals surface area (Å²) < 4.78 is 0.702. The molecule has 0 radical (unpaired) electrons. The Balaban J connectivity index is 2.47. The molecule has 0 unspecified atom stereocenters. The molecule has 3 nitrogen and oxygen atoms in total. The van der Waals surface area contributed by atoms with Crippen LogP contribution >= 0.6 is 27.5 Å². The Kier molecular flexibility index (Phi) is 3.88. The van der Waals surface area contributed by atoms with Crippen molar-refractivity contribution in [1.29, 1.82) is 0 Å². The first kappa shape index (κ1) is 13.3. The van der Waals surface area contributed by atoms with E-state index in [4.69, 9.17) is 11.6 Å². The van der Waals surface area contributed by atoms with E-state index in [0.717, 1.165) is 11.5 Å². The monoisotopic (exact) mass is 325 g/mol. The standard InChI is InChI=1S/C13H13BrClN3/c1-8-4-9(2)6-10(5-8)18(3)13-11(14)12(15)16-7-17-13/h4-7H,1-3H3. The zero-order valence-corrected chi connectivity index (χ0v) is 12.7. The van der Waals surface area contributed by atoms with Gasteiger partial charge in [0.1, 0.15) is 11.5 Å². The van der Waals surface area contributed by atoms with Gasteiger partial charge in [0.15, 0.2) is 5.82 Å². The fourth-order valence-corrected chi connectivity index (χ4v) is 2.44. The summed E-state index contributed by atoms with van der Waals surface area (Å²) in [6.07, 6.45) is 1.46. The molecule has 0 saturated carbocycles. The molecule has 0 aliphatic heterocycles. The van der Waals surface area contributed by atoms with E-state index < -0.39 is 0 Å². The number of aromatic nitrogens is 2. The smallest absolute Gasteiger partial charge is 0.152 e. The molecule has 0 fully saturated rings. The lowest BCUT2D eigenvalue weighted by molar-refractivity contribution is 1.06. The number of rotatable bonds is 2. The molecular formula is C13H13BrClN3. The molecule has 0 amide bonds. The number of aryl methyl sites for hydroxylation is 2. The number of halogens is 2. The van der Waals surface area contributed by atoms with E-state index in [0.29, 0.717) is 9.63 Å². The van der Waals surface area contributed by atoms with Crippen molar-refractivity contribution >= 4 is 39.0 Å². The molecule has 2 rings (SSSR count). The summed E-state index contributed by atoms with van der Waals surface area (Å²) in [5, 5.41) is 0.413. The van der Waals surface area contributed by atoms with Crippen LogP contribution < -0.4 is 4.90 Å². The Morgan fingerprint density at radius 3 is 2.33 bits per heavy atom. The van der Waals surface area contributed by atoms with Gasteiger partial charge in [-0.25, -0.2) is 9.97 Å². The van der Waals surface area contributed by atoms with Gasteiger partial charge in [0.05, 0.1) is 4.47 Å². The molecule has 5 heteroatoms. The van der Waals surface area contributed by atoms with Crippen molar-refractivity contribution in [2.45, 2.75) is 13.8 Å². The minimum atomic E-state index is 0.413. The van der Waals surface area contributed by atoms with Crippen LogP contribution in [-0.2, 0) is 0 Å². The SMILES string of the molecule is Cc1cc(C)cc(N(C)c2ncnc(Cl)c2Br)c1. The zero-order valence-electron chi connectivity index (χ0n) is 10.4. The lowest BCUT2D eigenvalue weighted by Gasteiger charge is -2.20. The van der Waals surface area contributed by atoms with Crippen LogP contribution in [0.5, 0.6) is 0 Å². The van der Waals surface area contributed by atoms with Gasteiger partial charge in [0, 0.05) is 12.7 Å². The van der Waals surface area contributed by atoms with Gasteiger partial charge in [-0.1, -0.05) is 17.7 Å². The van der Waals surface area contributed by atoms with Crippen molar-refractivity contribution in [1.82, 2.24) is 9.97 Å². The molecule has 0 bridgehead atoms. The normalized spacial score (nSPS) is 10.5. The highest BCUT2D eigenvalue weighted by Crippen LogP contribution is 2.33. The van der Waals surface area contributed by atoms with Crippen molar-refractivity contribution < 1.29 is 0 Å². The summed E-state index contributed by atoms with van der Waals surface area (Å²) >= 11 is 9.40. The van der Waals surface area contributed by atoms with E-state index >= 15 is 0 Å². The maximum absolute atomic E-state index is 5.98. The lowest BCUT2D eigenvalue weighted by Crippen LogP contribution is -2.12. The van der Waals surface area contributed by atoms with Gasteiger partial charge in [-0.2, -0.15) is 0 Å². The van der Waals surface area contributed by atoms with E-state index in [-0.39, 0.29) is 0 Å². The first-order chi connectivity index (χ1) is 8.49. The maximum atomic E-state index is 5.98. The van der Waals surface area contributed by atoms with Crippen LogP contribution in [0.3, 0.4) is 0 Å². The molecular weight excluding hydrogens is 314 g/mol. The molecule has 2 aromatic rings. The van der Waals surface area contributed by atoms with Gasteiger partial charge < -0.3 is 4.90 Å². The molecule has 1 aromatic carbocycles. The van der Waals surface area contributed by atoms with E-state index in [1.807, 2.05) is 11.9 Å². The predicted octanol–water partition coefficient (Wildman–Crippen LogP) is 4.28. The lowest BCUT2D eigenvalue weighted by atomic mass is 10.1. The molecule has 0 N–H and O–H groups in total. The first-order valence-corrected chi connectivity index (χ1v) is 6.64. The van der Waals surface area contributed by atoms with Gasteiger partial charge in [0.2, 0.25) is 0 Å². The van der Waals surface area contributed by atoms with Gasteiger partial charge in [0.25, 0.3) is 0 Å². The fourth-order valence-electron chi connectivity index (χ4n) is 1.84. The van der Waals surface area contributed by atoms with Crippen molar-refractivity contribution in [3.05, 3.63) is 45.3 Å². The van der Waals surface area contributed by atoms with Gasteiger partial charge in [-0.3, -0.25) is 0 Å². The minimum Gasteiger partial charge on any atom is -0.328 e. The number of nitrogens with zero attached hydrogens (tertiary/aromatic N) is 3. The average molecular weight is 327 g/mol. The average Bonchev–Trinajstić information content (AvgIpc) is 2.30. The third kappa shape index (κ3) is 2.65. The van der Waals surface area contributed by atoms with E-state index in [1.54, 1.807) is 0 Å². The van der Waals surface area contributed by atoms with Gasteiger partial charge in [-0.15, -0.1) is 0 Å². The molecule has 0 saturated heterocycles. The van der Waals surface area contributed by atoms with Crippen LogP contribution in [0.2, 0.25) is 5.15 Å². The van der Waals surface area contributed by atoms with Gasteiger partial charge in [-0.05, 0) is 53.0 Å². The number of hydrogen-bond acceptors (Lipinski definition) is 3. The second-order valence-electron chi connectivity index (χ2n) is 4.21. The summed E-state index contributed by atoms with van der Waals surface area (Å²) in [5.74, 6) is 0.750. The third-order valence-electron chi connectivity index (χ3n) is 2.64. The highest BCUT2D eigenvalue weighted by Gasteiger charge is 2.13. The van der Waals surface area contributed by atoms with Crippen molar-refractivity contribution in [3.8, 4) is 0 Å². The largest absolute Gasteiger partial charge is 0.328 e. The second kappa shape index (κ2) is 5.24. The minimum absolute atomic E-state index is 0.413. The Morgan fingerprint density at radius 1 is 1.11 bits per heavy atom. The van der Waals surface area contributed by atoms with E-state index in [9.17, 15) is 0 Å². The molecule has 0 aliphatic carbocycles. The topological polar surface area (TPSA) is 29.0 Å². The van der Waals surface area contributed by atoms with Crippen LogP contribution in [0.15, 0.2) is 29.0 Å². The summed E-state index contributed by atoms with van der Waals surface area (Å²) in [5.41, 5.74) is 3.50. The summed E-state index contributed by atoms with van der Waals surface area (Å²) in [7, 11) is 1.96. The molecule has 0 spiro atoms. The van der Waals surface area contributed by atoms with Crippen molar-refractivity contribution in [2.24, 2.45) is 0 Å². The molecule has 1 aromatic heterocycles. The molecule has 94 valence electrons. The van der Waals surface area contributed by atoms with Crippen molar-refractivity contribution in [3.63, 3.8) is 0 Å². The first-order valence-electron chi connectivity index (χ1n) is 5.47. The summed E-state index contributed by atoms with van der Waals surface area (Å²) in [4.78, 5) is 10.2. The number of benzene rings is 1. The van der Waals surface area contributed by atoms with E-state index in [1.165, 1.54) is 17.5 Å². The molecule has 0 aliphatic rings. The Bertz CT molecular complexity index is 566. The number of hydrogen-bond donors (Lipinski definition) is 0. The van der Waals surface area contributed by atoms with E-state index in [2.05, 4.69) is 57.9 Å². The maximum Gasteiger partial charge on any atom is 0.152 e. The summed E-state index contributed by atoms with van der Waals surface area (Å²) in [6.45, 7) is 4.15. The Hall–Kier alpha value is -1.13. The van der Waals surface area contributed by atoms with Gasteiger partial charge >= 0.3 is 0 Å². The highest BCUT2D eigenvalue weighted by molar-refractivity contribution is 9.10. The van der Waals surface area contributed by atoms with Crippen LogP contribution in [0, 0.1) is 13.8 Å². The highest BCUT2D eigenvalue weighted by atomic mass is 79.9. The second-order valence-corrected chi connectivity index (χ2v) is 5.36. The molecule has 0 atom stereocenters. The number of anilines is 2. The quantitative estimate of drug-likeness (QED) is 0.771. The molecule has 1 heterocycles. The zero-order chi connectivity index (χ0) is 13.3. The Morgan fingerprint density at radius 2 is 1.72 bits per heavy atom. The summed E-state index contributed by atoms with van der Waals surface area (Å²) in [6, 6.07) is 6.35. The predicted molar refractivity (Wildman–Crippen MR) is 78.7 cm³/mol. The van der Waals surface area contributed by atoms with Crippen molar-refractivity contribution in [2.75, 3.05) is 11.9 Å².